The Kier molecular flexibility index (Phi) is 6.90. The van der Waals surface area contributed by atoms with Crippen molar-refractivity contribution in [2.75, 3.05) is 4.90 Å². The Bertz CT molecular complexity index is 3220. The largest absolute Gasteiger partial charge is 0.455 e. The van der Waals surface area contributed by atoms with E-state index in [2.05, 4.69) is 205 Å². The lowest BCUT2D eigenvalue weighted by Gasteiger charge is -2.28. The number of nitrogens with zero attached hydrogens (tertiary/aromatic N) is 1. The van der Waals surface area contributed by atoms with Crippen molar-refractivity contribution < 1.29 is 4.42 Å². The van der Waals surface area contributed by atoms with Crippen molar-refractivity contribution in [3.63, 3.8) is 0 Å². The second-order valence-electron chi connectivity index (χ2n) is 14.0. The van der Waals surface area contributed by atoms with Crippen LogP contribution in [-0.4, -0.2) is 0 Å². The third-order valence-corrected chi connectivity index (χ3v) is 11.0. The molecule has 0 unspecified atom stereocenters. The number of hydrogen-bond acceptors (Lipinski definition) is 2. The van der Waals surface area contributed by atoms with Crippen molar-refractivity contribution in [3.8, 4) is 22.3 Å². The van der Waals surface area contributed by atoms with Crippen molar-refractivity contribution in [2.24, 2.45) is 0 Å². The van der Waals surface area contributed by atoms with E-state index < -0.39 is 0 Å². The average molecular weight is 688 g/mol. The fourth-order valence-corrected chi connectivity index (χ4v) is 8.56. The van der Waals surface area contributed by atoms with Crippen LogP contribution in [0.25, 0.3) is 87.3 Å². The maximum atomic E-state index is 6.92. The summed E-state index contributed by atoms with van der Waals surface area (Å²) in [6.07, 6.45) is 0. The third kappa shape index (κ3) is 4.74. The van der Waals surface area contributed by atoms with Gasteiger partial charge in [-0.3, -0.25) is 0 Å². The molecule has 0 bridgehead atoms. The van der Waals surface area contributed by atoms with E-state index in [1.807, 2.05) is 0 Å². The van der Waals surface area contributed by atoms with Crippen LogP contribution in [0.5, 0.6) is 0 Å². The van der Waals surface area contributed by atoms with E-state index in [0.29, 0.717) is 0 Å². The minimum Gasteiger partial charge on any atom is -0.455 e. The Labute approximate surface area is 312 Å². The van der Waals surface area contributed by atoms with Gasteiger partial charge in [0.15, 0.2) is 0 Å². The number of hydrogen-bond donors (Lipinski definition) is 0. The van der Waals surface area contributed by atoms with Gasteiger partial charge in [-0.05, 0) is 90.8 Å². The Morgan fingerprint density at radius 2 is 0.944 bits per heavy atom. The zero-order chi connectivity index (χ0) is 35.6. The summed E-state index contributed by atoms with van der Waals surface area (Å²) in [6.45, 7) is 0. The summed E-state index contributed by atoms with van der Waals surface area (Å²) < 4.78 is 6.92. The molecule has 1 heterocycles. The van der Waals surface area contributed by atoms with Crippen LogP contribution in [0.4, 0.5) is 17.1 Å². The van der Waals surface area contributed by atoms with Gasteiger partial charge in [0.2, 0.25) is 0 Å². The minimum atomic E-state index is 0.871. The van der Waals surface area contributed by atoms with Crippen molar-refractivity contribution in [1.29, 1.82) is 0 Å². The summed E-state index contributed by atoms with van der Waals surface area (Å²) in [5, 5.41) is 11.9. The number of anilines is 3. The van der Waals surface area contributed by atoms with E-state index in [1.165, 1.54) is 54.2 Å². The number of benzene rings is 10. The monoisotopic (exact) mass is 687 g/mol. The molecule has 2 heteroatoms. The smallest absolute Gasteiger partial charge is 0.145 e. The van der Waals surface area contributed by atoms with Gasteiger partial charge in [0.25, 0.3) is 0 Å². The lowest BCUT2D eigenvalue weighted by Crippen LogP contribution is -2.11. The molecule has 0 N–H and O–H groups in total. The summed E-state index contributed by atoms with van der Waals surface area (Å²) in [6, 6.07) is 72.3. The number of rotatable bonds is 5. The molecular formula is C52H33NO. The van der Waals surface area contributed by atoms with E-state index in [1.54, 1.807) is 0 Å². The number of fused-ring (bicyclic) bond motifs is 8. The third-order valence-electron chi connectivity index (χ3n) is 11.0. The molecule has 1 aromatic heterocycles. The fourth-order valence-electron chi connectivity index (χ4n) is 8.56. The topological polar surface area (TPSA) is 16.4 Å². The van der Waals surface area contributed by atoms with Crippen LogP contribution >= 0.6 is 0 Å². The van der Waals surface area contributed by atoms with Crippen molar-refractivity contribution in [1.82, 2.24) is 0 Å². The number of furan rings is 1. The van der Waals surface area contributed by atoms with Gasteiger partial charge < -0.3 is 9.32 Å². The van der Waals surface area contributed by atoms with Gasteiger partial charge in [-0.2, -0.15) is 0 Å². The van der Waals surface area contributed by atoms with Crippen LogP contribution in [0.2, 0.25) is 0 Å². The maximum Gasteiger partial charge on any atom is 0.145 e. The van der Waals surface area contributed by atoms with Crippen LogP contribution in [0.1, 0.15) is 0 Å². The Hall–Kier alpha value is -7.16. The van der Waals surface area contributed by atoms with Gasteiger partial charge in [0.05, 0.1) is 16.8 Å². The lowest BCUT2D eigenvalue weighted by molar-refractivity contribution is 0.670. The summed E-state index contributed by atoms with van der Waals surface area (Å²) in [7, 11) is 0. The molecule has 0 fully saturated rings. The second kappa shape index (κ2) is 12.2. The quantitative estimate of drug-likeness (QED) is 0.168. The maximum absolute atomic E-state index is 6.92. The zero-order valence-corrected chi connectivity index (χ0v) is 29.4. The summed E-state index contributed by atoms with van der Waals surface area (Å²) in [4.78, 5) is 2.45. The molecule has 0 amide bonds. The molecule has 11 rings (SSSR count). The van der Waals surface area contributed by atoms with Crippen LogP contribution < -0.4 is 4.90 Å². The molecule has 11 aromatic rings. The highest BCUT2D eigenvalue weighted by Gasteiger charge is 2.24. The molecule has 252 valence electrons. The zero-order valence-electron chi connectivity index (χ0n) is 29.4. The molecule has 2 nitrogen and oxygen atoms in total. The SMILES string of the molecule is c1ccc(-c2cccc3c(N(c4ccc5ccc6ccccc6c5c4)c4ccc(-c5cccc6ccccc56)c5oc6ccccc6c45)cccc23)cc1. The molecule has 0 atom stereocenters. The predicted octanol–water partition coefficient (Wildman–Crippen LogP) is 15.0. The normalized spacial score (nSPS) is 11.7. The van der Waals surface area contributed by atoms with E-state index >= 15 is 0 Å². The first-order valence-corrected chi connectivity index (χ1v) is 18.5. The van der Waals surface area contributed by atoms with Crippen LogP contribution in [0.3, 0.4) is 0 Å². The Morgan fingerprint density at radius 3 is 1.81 bits per heavy atom. The lowest BCUT2D eigenvalue weighted by atomic mass is 9.94. The second-order valence-corrected chi connectivity index (χ2v) is 14.0. The minimum absolute atomic E-state index is 0.871. The highest BCUT2D eigenvalue weighted by atomic mass is 16.3. The Balaban J connectivity index is 1.25. The first-order chi connectivity index (χ1) is 26.8. The van der Waals surface area contributed by atoms with E-state index in [-0.39, 0.29) is 0 Å². The summed E-state index contributed by atoms with van der Waals surface area (Å²) in [5.74, 6) is 0. The van der Waals surface area contributed by atoms with Gasteiger partial charge in [-0.1, -0.05) is 164 Å². The molecule has 0 radical (unpaired) electrons. The molecule has 0 aliphatic carbocycles. The molecule has 0 spiro atoms. The van der Waals surface area contributed by atoms with Crippen LogP contribution in [0.15, 0.2) is 205 Å². The first-order valence-electron chi connectivity index (χ1n) is 18.5. The Morgan fingerprint density at radius 1 is 0.333 bits per heavy atom. The molecule has 0 aliphatic rings. The van der Waals surface area contributed by atoms with E-state index in [0.717, 1.165) is 50.1 Å². The van der Waals surface area contributed by atoms with Crippen molar-refractivity contribution in [2.45, 2.75) is 0 Å². The number of para-hydroxylation sites is 1. The van der Waals surface area contributed by atoms with Crippen LogP contribution in [-0.2, 0) is 0 Å². The van der Waals surface area contributed by atoms with Crippen LogP contribution in [0, 0.1) is 0 Å². The van der Waals surface area contributed by atoms with Gasteiger partial charge >= 0.3 is 0 Å². The first kappa shape index (κ1) is 30.5. The van der Waals surface area contributed by atoms with Gasteiger partial charge in [0, 0.05) is 22.0 Å². The molecule has 0 aliphatic heterocycles. The highest BCUT2D eigenvalue weighted by molar-refractivity contribution is 6.20. The highest BCUT2D eigenvalue weighted by Crippen LogP contribution is 2.49. The fraction of sp³-hybridized carbons (Fsp3) is 0. The molecular weight excluding hydrogens is 655 g/mol. The molecule has 10 aromatic carbocycles. The standard InChI is InChI=1S/C52H33NO/c1-2-13-34(14-3-1)40-21-11-24-44-42(40)23-12-25-48(44)53(38-30-29-37-28-27-36-16-5-7-19-41(36)47(37)33-38)49-32-31-45(43-22-10-17-35-15-4-6-18-39(35)43)52-51(49)46-20-8-9-26-50(46)54-52/h1-33H. The van der Waals surface area contributed by atoms with E-state index in [4.69, 9.17) is 4.42 Å². The summed E-state index contributed by atoms with van der Waals surface area (Å²) >= 11 is 0. The van der Waals surface area contributed by atoms with Gasteiger partial charge in [0.1, 0.15) is 11.2 Å². The molecule has 0 saturated heterocycles. The van der Waals surface area contributed by atoms with Crippen molar-refractivity contribution in [3.05, 3.63) is 200 Å². The average Bonchev–Trinajstić information content (AvgIpc) is 3.64. The predicted molar refractivity (Wildman–Crippen MR) is 229 cm³/mol. The van der Waals surface area contributed by atoms with E-state index in [9.17, 15) is 0 Å². The van der Waals surface area contributed by atoms with Crippen molar-refractivity contribution >= 4 is 82.1 Å². The van der Waals surface area contributed by atoms with Gasteiger partial charge in [-0.15, -0.1) is 0 Å². The molecule has 54 heavy (non-hydrogen) atoms. The van der Waals surface area contributed by atoms with Gasteiger partial charge in [-0.25, -0.2) is 0 Å². The molecule has 0 saturated carbocycles. The summed E-state index contributed by atoms with van der Waals surface area (Å²) in [5.41, 5.74) is 9.66.